The Kier molecular flexibility index (Phi) is 6.63. The SMILES string of the molecule is C[C@@H](CSCc1cccc(O)c1)NC(=O)CN=[N+]=[N-]. The van der Waals surface area contributed by atoms with Crippen LogP contribution in [0.5, 0.6) is 5.75 Å². The Balaban J connectivity index is 2.25. The molecule has 0 spiro atoms. The highest BCUT2D eigenvalue weighted by Crippen LogP contribution is 2.17. The van der Waals surface area contributed by atoms with Crippen molar-refractivity contribution >= 4 is 17.7 Å². The predicted octanol–water partition coefficient (Wildman–Crippen LogP) is 2.44. The van der Waals surface area contributed by atoms with Crippen molar-refractivity contribution in [1.29, 1.82) is 0 Å². The first-order valence-corrected chi connectivity index (χ1v) is 6.93. The van der Waals surface area contributed by atoms with E-state index in [-0.39, 0.29) is 24.2 Å². The van der Waals surface area contributed by atoms with Crippen LogP contribution in [0.25, 0.3) is 10.4 Å². The number of thioether (sulfide) groups is 1. The maximum Gasteiger partial charge on any atom is 0.226 e. The van der Waals surface area contributed by atoms with Gasteiger partial charge >= 0.3 is 0 Å². The Bertz CT molecular complexity index is 475. The van der Waals surface area contributed by atoms with Crippen molar-refractivity contribution in [3.63, 3.8) is 0 Å². The van der Waals surface area contributed by atoms with E-state index < -0.39 is 0 Å². The third kappa shape index (κ3) is 6.59. The molecule has 0 aliphatic rings. The van der Waals surface area contributed by atoms with Gasteiger partial charge in [0.1, 0.15) is 12.3 Å². The molecule has 2 N–H and O–H groups in total. The lowest BCUT2D eigenvalue weighted by Gasteiger charge is -2.12. The number of amides is 1. The lowest BCUT2D eigenvalue weighted by molar-refractivity contribution is -0.120. The van der Waals surface area contributed by atoms with Crippen LogP contribution in [-0.2, 0) is 10.5 Å². The summed E-state index contributed by atoms with van der Waals surface area (Å²) in [5.74, 6) is 1.50. The zero-order chi connectivity index (χ0) is 14.1. The van der Waals surface area contributed by atoms with E-state index >= 15 is 0 Å². The number of phenolic OH excluding ortho intramolecular Hbond substituents is 1. The molecule has 7 heteroatoms. The number of nitrogens with one attached hydrogen (secondary N) is 1. The molecule has 1 aromatic carbocycles. The van der Waals surface area contributed by atoms with Gasteiger partial charge in [-0.15, -0.1) is 0 Å². The van der Waals surface area contributed by atoms with E-state index in [1.165, 1.54) is 0 Å². The summed E-state index contributed by atoms with van der Waals surface area (Å²) in [6.45, 7) is 1.72. The van der Waals surface area contributed by atoms with Gasteiger partial charge in [-0.1, -0.05) is 17.2 Å². The Morgan fingerprint density at radius 1 is 1.63 bits per heavy atom. The summed E-state index contributed by atoms with van der Waals surface area (Å²) in [4.78, 5) is 13.8. The number of nitrogens with zero attached hydrogens (tertiary/aromatic N) is 3. The highest BCUT2D eigenvalue weighted by molar-refractivity contribution is 7.98. The standard InChI is InChI=1S/C12H16N4O2S/c1-9(15-12(18)6-14-16-13)7-19-8-10-3-2-4-11(17)5-10/h2-5,9,17H,6-8H2,1H3,(H,15,18)/t9-/m0/s1. The number of aromatic hydroxyl groups is 1. The first-order valence-electron chi connectivity index (χ1n) is 5.77. The summed E-state index contributed by atoms with van der Waals surface area (Å²) >= 11 is 1.66. The van der Waals surface area contributed by atoms with Crippen LogP contribution in [-0.4, -0.2) is 29.4 Å². The van der Waals surface area contributed by atoms with Crippen molar-refractivity contribution in [1.82, 2.24) is 5.32 Å². The van der Waals surface area contributed by atoms with Gasteiger partial charge in [0.2, 0.25) is 5.91 Å². The Morgan fingerprint density at radius 3 is 3.11 bits per heavy atom. The fraction of sp³-hybridized carbons (Fsp3) is 0.417. The van der Waals surface area contributed by atoms with E-state index in [1.54, 1.807) is 30.0 Å². The van der Waals surface area contributed by atoms with Crippen LogP contribution in [0, 0.1) is 0 Å². The van der Waals surface area contributed by atoms with Crippen LogP contribution in [0.4, 0.5) is 0 Å². The number of rotatable bonds is 7. The van der Waals surface area contributed by atoms with E-state index in [9.17, 15) is 9.90 Å². The Hall–Kier alpha value is -1.85. The molecule has 0 aliphatic carbocycles. The third-order valence-corrected chi connectivity index (χ3v) is 3.51. The fourth-order valence-corrected chi connectivity index (χ4v) is 2.43. The van der Waals surface area contributed by atoms with Gasteiger partial charge < -0.3 is 10.4 Å². The number of azide groups is 1. The zero-order valence-electron chi connectivity index (χ0n) is 10.6. The fourth-order valence-electron chi connectivity index (χ4n) is 1.46. The van der Waals surface area contributed by atoms with Gasteiger partial charge in [-0.25, -0.2) is 0 Å². The Labute approximate surface area is 115 Å². The van der Waals surface area contributed by atoms with Crippen molar-refractivity contribution in [3.8, 4) is 5.75 Å². The van der Waals surface area contributed by atoms with E-state index in [0.717, 1.165) is 17.1 Å². The number of hydrogen-bond donors (Lipinski definition) is 2. The molecule has 0 aromatic heterocycles. The van der Waals surface area contributed by atoms with E-state index in [4.69, 9.17) is 5.53 Å². The largest absolute Gasteiger partial charge is 0.508 e. The first-order chi connectivity index (χ1) is 9.11. The van der Waals surface area contributed by atoms with Crippen LogP contribution in [0.1, 0.15) is 12.5 Å². The second-order valence-electron chi connectivity index (χ2n) is 4.04. The summed E-state index contributed by atoms with van der Waals surface area (Å²) in [6, 6.07) is 7.10. The number of carbonyl (C=O) groups is 1. The molecule has 0 saturated heterocycles. The number of hydrogen-bond acceptors (Lipinski definition) is 4. The molecule has 19 heavy (non-hydrogen) atoms. The second kappa shape index (κ2) is 8.29. The summed E-state index contributed by atoms with van der Waals surface area (Å²) in [5.41, 5.74) is 9.13. The summed E-state index contributed by atoms with van der Waals surface area (Å²) in [7, 11) is 0. The van der Waals surface area contributed by atoms with Gasteiger partial charge in [0.15, 0.2) is 0 Å². The minimum absolute atomic E-state index is 0.00343. The predicted molar refractivity (Wildman–Crippen MR) is 75.9 cm³/mol. The zero-order valence-corrected chi connectivity index (χ0v) is 11.4. The van der Waals surface area contributed by atoms with Crippen LogP contribution >= 0.6 is 11.8 Å². The van der Waals surface area contributed by atoms with Crippen molar-refractivity contribution in [2.75, 3.05) is 12.3 Å². The lowest BCUT2D eigenvalue weighted by Crippen LogP contribution is -2.35. The smallest absolute Gasteiger partial charge is 0.226 e. The van der Waals surface area contributed by atoms with Gasteiger partial charge in [0.25, 0.3) is 0 Å². The molecular formula is C12H16N4O2S. The molecule has 0 aliphatic heterocycles. The molecule has 1 aromatic rings. The van der Waals surface area contributed by atoms with E-state index in [1.807, 2.05) is 13.0 Å². The van der Waals surface area contributed by atoms with Crippen molar-refractivity contribution in [3.05, 3.63) is 40.3 Å². The molecule has 102 valence electrons. The molecule has 1 amide bonds. The molecule has 0 unspecified atom stereocenters. The molecule has 0 bridgehead atoms. The normalized spacial score (nSPS) is 11.4. The van der Waals surface area contributed by atoms with Gasteiger partial charge in [0, 0.05) is 22.5 Å². The van der Waals surface area contributed by atoms with E-state index in [0.29, 0.717) is 0 Å². The van der Waals surface area contributed by atoms with Gasteiger partial charge in [-0.2, -0.15) is 11.8 Å². The molecular weight excluding hydrogens is 264 g/mol. The molecule has 0 radical (unpaired) electrons. The van der Waals surface area contributed by atoms with Gasteiger partial charge in [-0.05, 0) is 30.2 Å². The molecule has 1 atom stereocenters. The monoisotopic (exact) mass is 280 g/mol. The molecule has 6 nitrogen and oxygen atoms in total. The minimum atomic E-state index is -0.275. The average Bonchev–Trinajstić information content (AvgIpc) is 2.36. The maximum absolute atomic E-state index is 11.3. The number of phenols is 1. The number of benzene rings is 1. The Morgan fingerprint density at radius 2 is 2.42 bits per heavy atom. The van der Waals surface area contributed by atoms with E-state index in [2.05, 4.69) is 15.3 Å². The topological polar surface area (TPSA) is 98.1 Å². The summed E-state index contributed by atoms with van der Waals surface area (Å²) in [6.07, 6.45) is 0. The van der Waals surface area contributed by atoms with Gasteiger partial charge in [-0.3, -0.25) is 4.79 Å². The second-order valence-corrected chi connectivity index (χ2v) is 5.07. The molecule has 0 fully saturated rings. The van der Waals surface area contributed by atoms with Gasteiger partial charge in [0.05, 0.1) is 0 Å². The van der Waals surface area contributed by atoms with Crippen molar-refractivity contribution in [2.45, 2.75) is 18.7 Å². The maximum atomic E-state index is 11.3. The summed E-state index contributed by atoms with van der Waals surface area (Å²) in [5, 5.41) is 15.3. The molecule has 1 rings (SSSR count). The van der Waals surface area contributed by atoms with Crippen LogP contribution in [0.15, 0.2) is 29.4 Å². The highest BCUT2D eigenvalue weighted by Gasteiger charge is 2.06. The van der Waals surface area contributed by atoms with Crippen LogP contribution in [0.3, 0.4) is 0 Å². The lowest BCUT2D eigenvalue weighted by atomic mass is 10.2. The number of carbonyl (C=O) groups excluding carboxylic acids is 1. The third-order valence-electron chi connectivity index (χ3n) is 2.23. The van der Waals surface area contributed by atoms with Crippen LogP contribution < -0.4 is 5.32 Å². The molecule has 0 heterocycles. The average molecular weight is 280 g/mol. The first kappa shape index (κ1) is 15.2. The quantitative estimate of drug-likeness (QED) is 0.456. The highest BCUT2D eigenvalue weighted by atomic mass is 32.2. The van der Waals surface area contributed by atoms with Crippen molar-refractivity contribution in [2.24, 2.45) is 5.11 Å². The minimum Gasteiger partial charge on any atom is -0.508 e. The van der Waals surface area contributed by atoms with Crippen molar-refractivity contribution < 1.29 is 9.90 Å². The molecule has 0 saturated carbocycles. The van der Waals surface area contributed by atoms with Crippen LogP contribution in [0.2, 0.25) is 0 Å². The summed E-state index contributed by atoms with van der Waals surface area (Å²) < 4.78 is 0.